The number of urea groups is 1. The second-order valence-corrected chi connectivity index (χ2v) is 7.41. The predicted molar refractivity (Wildman–Crippen MR) is 100 cm³/mol. The number of nitrogens with zero attached hydrogens (tertiary/aromatic N) is 1. The summed E-state index contributed by atoms with van der Waals surface area (Å²) >= 11 is 0. The molecule has 1 aliphatic heterocycles. The number of benzene rings is 2. The van der Waals surface area contributed by atoms with Crippen molar-refractivity contribution in [2.24, 2.45) is 11.8 Å². The topological polar surface area (TPSA) is 32.3 Å². The molecular weight excluding hydrogens is 308 g/mol. The van der Waals surface area contributed by atoms with E-state index < -0.39 is 0 Å². The lowest BCUT2D eigenvalue weighted by molar-refractivity contribution is 0.204. The Kier molecular flexibility index (Phi) is 4.73. The first-order chi connectivity index (χ1) is 12.3. The average Bonchev–Trinajstić information content (AvgIpc) is 3.12. The van der Waals surface area contributed by atoms with Gasteiger partial charge in [-0.2, -0.15) is 0 Å². The van der Waals surface area contributed by atoms with Crippen molar-refractivity contribution in [1.82, 2.24) is 10.2 Å². The van der Waals surface area contributed by atoms with Crippen molar-refractivity contribution in [3.8, 4) is 0 Å². The maximum atomic E-state index is 13.0. The fourth-order valence-electron chi connectivity index (χ4n) is 4.44. The molecule has 3 nitrogen and oxygen atoms in total. The van der Waals surface area contributed by atoms with Crippen molar-refractivity contribution in [1.29, 1.82) is 0 Å². The van der Waals surface area contributed by atoms with E-state index in [1.165, 1.54) is 25.7 Å². The molecule has 1 aliphatic carbocycles. The third-order valence-electron chi connectivity index (χ3n) is 5.80. The molecule has 2 atom stereocenters. The first kappa shape index (κ1) is 16.2. The zero-order valence-electron chi connectivity index (χ0n) is 14.6. The Morgan fingerprint density at radius 3 is 1.80 bits per heavy atom. The molecule has 2 unspecified atom stereocenters. The number of hydrogen-bond donors (Lipinski definition) is 1. The van der Waals surface area contributed by atoms with Crippen LogP contribution in [-0.4, -0.2) is 24.0 Å². The van der Waals surface area contributed by atoms with Gasteiger partial charge in [-0.25, -0.2) is 4.79 Å². The summed E-state index contributed by atoms with van der Waals surface area (Å²) in [6, 6.07) is 20.5. The van der Waals surface area contributed by atoms with Gasteiger partial charge >= 0.3 is 6.03 Å². The smallest absolute Gasteiger partial charge is 0.318 e. The number of rotatable bonds is 3. The summed E-state index contributed by atoms with van der Waals surface area (Å²) < 4.78 is 0. The van der Waals surface area contributed by atoms with Gasteiger partial charge in [-0.1, -0.05) is 73.5 Å². The van der Waals surface area contributed by atoms with Crippen LogP contribution in [0.1, 0.15) is 42.9 Å². The van der Waals surface area contributed by atoms with Crippen LogP contribution in [0.3, 0.4) is 0 Å². The third kappa shape index (κ3) is 3.55. The highest BCUT2D eigenvalue weighted by molar-refractivity contribution is 5.75. The maximum Gasteiger partial charge on any atom is 0.318 e. The van der Waals surface area contributed by atoms with Crippen LogP contribution in [0.15, 0.2) is 60.7 Å². The van der Waals surface area contributed by atoms with E-state index in [4.69, 9.17) is 0 Å². The van der Waals surface area contributed by atoms with Gasteiger partial charge in [0.25, 0.3) is 0 Å². The molecule has 0 bridgehead atoms. The second-order valence-electron chi connectivity index (χ2n) is 7.41. The molecule has 2 aliphatic rings. The summed E-state index contributed by atoms with van der Waals surface area (Å²) in [6.07, 6.45) is 5.23. The molecule has 3 heteroatoms. The SMILES string of the molecule is O=C(NC(c1ccccc1)c1ccccc1)N1CC2CCCCC2C1. The van der Waals surface area contributed by atoms with Crippen LogP contribution in [0.25, 0.3) is 0 Å². The number of likely N-dealkylation sites (tertiary alicyclic amines) is 1. The lowest BCUT2D eigenvalue weighted by Crippen LogP contribution is -2.41. The third-order valence-corrected chi connectivity index (χ3v) is 5.80. The fraction of sp³-hybridized carbons (Fsp3) is 0.409. The van der Waals surface area contributed by atoms with Crippen molar-refractivity contribution in [3.63, 3.8) is 0 Å². The lowest BCUT2D eigenvalue weighted by Gasteiger charge is -2.24. The number of carbonyl (C=O) groups excluding carboxylic acids is 1. The average molecular weight is 334 g/mol. The molecule has 1 heterocycles. The van der Waals surface area contributed by atoms with Gasteiger partial charge in [-0.05, 0) is 35.8 Å². The molecule has 2 aromatic carbocycles. The molecule has 1 saturated heterocycles. The minimum atomic E-state index is -0.0995. The van der Waals surface area contributed by atoms with Crippen molar-refractivity contribution >= 4 is 6.03 Å². The van der Waals surface area contributed by atoms with Crippen LogP contribution in [0, 0.1) is 11.8 Å². The van der Waals surface area contributed by atoms with Gasteiger partial charge in [0.15, 0.2) is 0 Å². The van der Waals surface area contributed by atoms with Crippen molar-refractivity contribution in [3.05, 3.63) is 71.8 Å². The first-order valence-corrected chi connectivity index (χ1v) is 9.46. The molecule has 0 aromatic heterocycles. The van der Waals surface area contributed by atoms with E-state index in [2.05, 4.69) is 29.6 Å². The molecule has 1 N–H and O–H groups in total. The number of nitrogens with one attached hydrogen (secondary N) is 1. The van der Waals surface area contributed by atoms with E-state index in [0.29, 0.717) is 11.8 Å². The minimum Gasteiger partial charge on any atom is -0.327 e. The Morgan fingerprint density at radius 1 is 0.840 bits per heavy atom. The van der Waals surface area contributed by atoms with Crippen LogP contribution < -0.4 is 5.32 Å². The molecule has 130 valence electrons. The molecule has 2 aromatic rings. The van der Waals surface area contributed by atoms with Crippen LogP contribution >= 0.6 is 0 Å². The predicted octanol–water partition coefficient (Wildman–Crippen LogP) is 4.61. The normalized spacial score (nSPS) is 22.7. The van der Waals surface area contributed by atoms with Gasteiger partial charge in [0.2, 0.25) is 0 Å². The Morgan fingerprint density at radius 2 is 1.32 bits per heavy atom. The second kappa shape index (κ2) is 7.30. The highest BCUT2D eigenvalue weighted by Gasteiger charge is 2.37. The minimum absolute atomic E-state index is 0.0760. The van der Waals surface area contributed by atoms with E-state index in [1.54, 1.807) is 0 Å². The Labute approximate surface area is 150 Å². The van der Waals surface area contributed by atoms with Gasteiger partial charge < -0.3 is 10.2 Å². The van der Waals surface area contributed by atoms with Crippen LogP contribution in [0.4, 0.5) is 4.79 Å². The highest BCUT2D eigenvalue weighted by Crippen LogP contribution is 2.36. The Balaban J connectivity index is 1.52. The summed E-state index contributed by atoms with van der Waals surface area (Å²) in [6.45, 7) is 1.85. The molecule has 0 spiro atoms. The Hall–Kier alpha value is -2.29. The van der Waals surface area contributed by atoms with Crippen LogP contribution in [0.5, 0.6) is 0 Å². The van der Waals surface area contributed by atoms with Gasteiger partial charge in [0.05, 0.1) is 6.04 Å². The van der Waals surface area contributed by atoms with E-state index in [0.717, 1.165) is 24.2 Å². The highest BCUT2D eigenvalue weighted by atomic mass is 16.2. The van der Waals surface area contributed by atoms with Gasteiger partial charge in [-0.15, -0.1) is 0 Å². The molecule has 1 saturated carbocycles. The van der Waals surface area contributed by atoms with Crippen molar-refractivity contribution in [2.45, 2.75) is 31.7 Å². The zero-order valence-corrected chi connectivity index (χ0v) is 14.6. The van der Waals surface area contributed by atoms with Crippen molar-refractivity contribution < 1.29 is 4.79 Å². The molecule has 4 rings (SSSR count). The van der Waals surface area contributed by atoms with E-state index in [1.807, 2.05) is 41.3 Å². The number of carbonyl (C=O) groups is 1. The van der Waals surface area contributed by atoms with E-state index in [-0.39, 0.29) is 12.1 Å². The van der Waals surface area contributed by atoms with E-state index >= 15 is 0 Å². The summed E-state index contributed by atoms with van der Waals surface area (Å²) in [7, 11) is 0. The summed E-state index contributed by atoms with van der Waals surface area (Å²) in [5.41, 5.74) is 2.25. The molecule has 2 amide bonds. The number of amides is 2. The summed E-state index contributed by atoms with van der Waals surface area (Å²) in [5.74, 6) is 1.43. The first-order valence-electron chi connectivity index (χ1n) is 9.46. The largest absolute Gasteiger partial charge is 0.327 e. The Bertz CT molecular complexity index is 647. The zero-order chi connectivity index (χ0) is 17.1. The summed E-state index contributed by atoms with van der Waals surface area (Å²) in [4.78, 5) is 15.0. The summed E-state index contributed by atoms with van der Waals surface area (Å²) in [5, 5.41) is 3.29. The molecule has 25 heavy (non-hydrogen) atoms. The van der Waals surface area contributed by atoms with Crippen molar-refractivity contribution in [2.75, 3.05) is 13.1 Å². The van der Waals surface area contributed by atoms with Gasteiger partial charge in [-0.3, -0.25) is 0 Å². The lowest BCUT2D eigenvalue weighted by atomic mass is 9.82. The molecular formula is C22H26N2O. The number of fused-ring (bicyclic) bond motifs is 1. The van der Waals surface area contributed by atoms with Crippen LogP contribution in [0.2, 0.25) is 0 Å². The van der Waals surface area contributed by atoms with Gasteiger partial charge in [0.1, 0.15) is 0 Å². The van der Waals surface area contributed by atoms with E-state index in [9.17, 15) is 4.79 Å². The number of hydrogen-bond acceptors (Lipinski definition) is 1. The molecule has 0 radical (unpaired) electrons. The maximum absolute atomic E-state index is 13.0. The fourth-order valence-corrected chi connectivity index (χ4v) is 4.44. The quantitative estimate of drug-likeness (QED) is 0.873. The molecule has 2 fully saturated rings. The standard InChI is InChI=1S/C22H26N2O/c25-22(24-15-19-13-7-8-14-20(19)16-24)23-21(17-9-3-1-4-10-17)18-11-5-2-6-12-18/h1-6,9-12,19-21H,7-8,13-16H2,(H,23,25). The van der Waals surface area contributed by atoms with Gasteiger partial charge in [0, 0.05) is 13.1 Å². The van der Waals surface area contributed by atoms with Crippen LogP contribution in [-0.2, 0) is 0 Å². The monoisotopic (exact) mass is 334 g/mol.